The van der Waals surface area contributed by atoms with Crippen LogP contribution in [-0.4, -0.2) is 17.5 Å². The first-order valence-corrected chi connectivity index (χ1v) is 9.49. The molecule has 170 valence electrons. The lowest BCUT2D eigenvalue weighted by atomic mass is 10.1. The van der Waals surface area contributed by atoms with E-state index in [1.807, 2.05) is 5.32 Å². The molecule has 0 spiro atoms. The van der Waals surface area contributed by atoms with Crippen LogP contribution < -0.4 is 10.1 Å². The highest BCUT2D eigenvalue weighted by molar-refractivity contribution is 6.39. The van der Waals surface area contributed by atoms with E-state index in [2.05, 4.69) is 4.98 Å². The molecule has 1 amide bonds. The number of nitrogens with zero attached hydrogens (tertiary/aromatic N) is 1. The maximum Gasteiger partial charge on any atom is 0.416 e. The zero-order chi connectivity index (χ0) is 23.8. The van der Waals surface area contributed by atoms with Gasteiger partial charge < -0.3 is 10.1 Å². The van der Waals surface area contributed by atoms with Crippen LogP contribution in [0.25, 0.3) is 10.9 Å². The van der Waals surface area contributed by atoms with Crippen molar-refractivity contribution in [3.63, 3.8) is 0 Å². The molecule has 0 radical (unpaired) electrons. The summed E-state index contributed by atoms with van der Waals surface area (Å²) in [4.78, 5) is 16.5. The van der Waals surface area contributed by atoms with E-state index in [0.29, 0.717) is 23.2 Å². The van der Waals surface area contributed by atoms with Crippen LogP contribution in [0.3, 0.4) is 0 Å². The van der Waals surface area contributed by atoms with Crippen LogP contribution in [0.4, 0.5) is 32.0 Å². The van der Waals surface area contributed by atoms with Gasteiger partial charge in [0.25, 0.3) is 5.91 Å². The Balaban J connectivity index is 1.85. The molecular formula is C20H12Cl2F6N2O2. The molecule has 3 aromatic rings. The Kier molecular flexibility index (Phi) is 6.48. The molecular weight excluding hydrogens is 485 g/mol. The van der Waals surface area contributed by atoms with Gasteiger partial charge in [-0.1, -0.05) is 23.2 Å². The molecule has 3 rings (SSSR count). The maximum atomic E-state index is 13.0. The van der Waals surface area contributed by atoms with Crippen molar-refractivity contribution in [3.8, 4) is 5.75 Å². The summed E-state index contributed by atoms with van der Waals surface area (Å²) in [5.74, 6) is -1.02. The number of hydrogen-bond donors (Lipinski definition) is 1. The third-order valence-corrected chi connectivity index (χ3v) is 4.79. The lowest BCUT2D eigenvalue weighted by molar-refractivity contribution is -0.143. The number of rotatable bonds is 4. The molecule has 4 nitrogen and oxygen atoms in total. The summed E-state index contributed by atoms with van der Waals surface area (Å²) >= 11 is 12.2. The van der Waals surface area contributed by atoms with E-state index in [1.54, 1.807) is 19.1 Å². The first-order valence-electron chi connectivity index (χ1n) is 8.73. The molecule has 0 bridgehead atoms. The molecule has 0 saturated heterocycles. The normalized spacial score (nSPS) is 12.2. The van der Waals surface area contributed by atoms with Crippen molar-refractivity contribution < 1.29 is 35.9 Å². The van der Waals surface area contributed by atoms with Crippen molar-refractivity contribution in [2.24, 2.45) is 0 Å². The third kappa shape index (κ3) is 5.36. The molecule has 12 heteroatoms. The predicted octanol–water partition coefficient (Wildman–Crippen LogP) is 6.91. The highest BCUT2D eigenvalue weighted by atomic mass is 35.5. The molecule has 0 unspecified atom stereocenters. The van der Waals surface area contributed by atoms with E-state index in [1.165, 1.54) is 6.07 Å². The minimum absolute atomic E-state index is 0.00932. The quantitative estimate of drug-likeness (QED) is 0.399. The molecule has 0 atom stereocenters. The number of carbonyl (C=O) groups excluding carboxylic acids is 1. The van der Waals surface area contributed by atoms with Gasteiger partial charge in [-0.25, -0.2) is 4.98 Å². The van der Waals surface area contributed by atoms with E-state index in [-0.39, 0.29) is 27.4 Å². The Labute approximate surface area is 187 Å². The van der Waals surface area contributed by atoms with Crippen LogP contribution in [-0.2, 0) is 17.1 Å². The smallest absolute Gasteiger partial charge is 0.416 e. The van der Waals surface area contributed by atoms with E-state index < -0.39 is 41.7 Å². The Morgan fingerprint density at radius 1 is 0.969 bits per heavy atom. The first kappa shape index (κ1) is 23.9. The molecule has 0 fully saturated rings. The Hall–Kier alpha value is -2.72. The van der Waals surface area contributed by atoms with Gasteiger partial charge in [-0.3, -0.25) is 4.79 Å². The average Bonchev–Trinajstić information content (AvgIpc) is 2.65. The van der Waals surface area contributed by atoms with Gasteiger partial charge in [0.15, 0.2) is 12.4 Å². The van der Waals surface area contributed by atoms with Crippen LogP contribution >= 0.6 is 23.2 Å². The van der Waals surface area contributed by atoms with Crippen LogP contribution in [0.1, 0.15) is 16.8 Å². The van der Waals surface area contributed by atoms with Gasteiger partial charge in [-0.05, 0) is 43.3 Å². The van der Waals surface area contributed by atoms with Crippen LogP contribution in [0.15, 0.2) is 36.4 Å². The minimum atomic E-state index is -5.05. The summed E-state index contributed by atoms with van der Waals surface area (Å²) in [6, 6.07) is 5.44. The van der Waals surface area contributed by atoms with Crippen LogP contribution in [0.2, 0.25) is 10.0 Å². The van der Waals surface area contributed by atoms with Gasteiger partial charge in [0, 0.05) is 16.8 Å². The van der Waals surface area contributed by atoms with E-state index in [9.17, 15) is 31.1 Å². The van der Waals surface area contributed by atoms with Crippen molar-refractivity contribution >= 4 is 45.7 Å². The summed E-state index contributed by atoms with van der Waals surface area (Å²) in [6.07, 6.45) is -10.1. The van der Waals surface area contributed by atoms with Gasteiger partial charge in [0.05, 0.1) is 21.2 Å². The van der Waals surface area contributed by atoms with E-state index in [4.69, 9.17) is 27.9 Å². The molecule has 32 heavy (non-hydrogen) atoms. The van der Waals surface area contributed by atoms with E-state index >= 15 is 0 Å². The Bertz CT molecular complexity index is 1160. The van der Waals surface area contributed by atoms with E-state index in [0.717, 1.165) is 0 Å². The number of ether oxygens (including phenoxy) is 1. The first-order chi connectivity index (χ1) is 14.8. The number of halogens is 8. The predicted molar refractivity (Wildman–Crippen MR) is 107 cm³/mol. The lowest BCUT2D eigenvalue weighted by Crippen LogP contribution is -2.21. The number of anilines is 1. The number of alkyl halides is 6. The molecule has 1 aromatic heterocycles. The molecule has 2 aromatic carbocycles. The van der Waals surface area contributed by atoms with Crippen molar-refractivity contribution in [3.05, 3.63) is 63.3 Å². The molecule has 1 N–H and O–H groups in total. The summed E-state index contributed by atoms with van der Waals surface area (Å²) in [5, 5.41) is 2.75. The molecule has 1 heterocycles. The highest BCUT2D eigenvalue weighted by Crippen LogP contribution is 2.39. The van der Waals surface area contributed by atoms with Gasteiger partial charge in [-0.15, -0.1) is 0 Å². The molecule has 0 aliphatic heterocycles. The van der Waals surface area contributed by atoms with Crippen molar-refractivity contribution in [1.82, 2.24) is 4.98 Å². The molecule has 0 saturated carbocycles. The zero-order valence-electron chi connectivity index (χ0n) is 16.0. The third-order valence-electron chi connectivity index (χ3n) is 4.20. The molecule has 0 aliphatic carbocycles. The number of hydrogen-bond acceptors (Lipinski definition) is 3. The number of nitrogens with one attached hydrogen (secondary N) is 1. The second kappa shape index (κ2) is 8.67. The van der Waals surface area contributed by atoms with Crippen molar-refractivity contribution in [2.45, 2.75) is 19.3 Å². The minimum Gasteiger partial charge on any atom is -0.480 e. The molecule has 0 aliphatic rings. The lowest BCUT2D eigenvalue weighted by Gasteiger charge is -2.15. The van der Waals surface area contributed by atoms with Crippen LogP contribution in [0.5, 0.6) is 5.75 Å². The number of aromatic nitrogens is 1. The fourth-order valence-electron chi connectivity index (χ4n) is 2.79. The van der Waals surface area contributed by atoms with Gasteiger partial charge in [-0.2, -0.15) is 26.3 Å². The van der Waals surface area contributed by atoms with Gasteiger partial charge >= 0.3 is 12.4 Å². The highest BCUT2D eigenvalue weighted by Gasteiger charge is 2.37. The number of fused-ring (bicyclic) bond motifs is 1. The zero-order valence-corrected chi connectivity index (χ0v) is 17.5. The monoisotopic (exact) mass is 496 g/mol. The summed E-state index contributed by atoms with van der Waals surface area (Å²) in [6.45, 7) is 0.931. The largest absolute Gasteiger partial charge is 0.480 e. The van der Waals surface area contributed by atoms with Gasteiger partial charge in [0.1, 0.15) is 5.52 Å². The number of amides is 1. The fraction of sp³-hybridized carbons (Fsp3) is 0.200. The van der Waals surface area contributed by atoms with Crippen LogP contribution in [0, 0.1) is 6.92 Å². The summed E-state index contributed by atoms with van der Waals surface area (Å²) in [7, 11) is 0. The topological polar surface area (TPSA) is 51.2 Å². The summed E-state index contributed by atoms with van der Waals surface area (Å²) in [5.41, 5.74) is -2.98. The number of aryl methyl sites for hydroxylation is 1. The van der Waals surface area contributed by atoms with Gasteiger partial charge in [0.2, 0.25) is 0 Å². The maximum absolute atomic E-state index is 13.0. The standard InChI is InChI=1S/C20H12Cl2F6N2O2/c1-9-2-3-13-14(21)7-15(22)18(17(13)29-9)32-8-16(31)30-12-5-10(19(23,24)25)4-11(6-12)20(26,27)28/h2-7H,8H2,1H3,(H,30,31). The van der Waals surface area contributed by atoms with Crippen molar-refractivity contribution in [1.29, 1.82) is 0 Å². The second-order valence-corrected chi connectivity index (χ2v) is 7.46. The Morgan fingerprint density at radius 3 is 2.12 bits per heavy atom. The summed E-state index contributed by atoms with van der Waals surface area (Å²) < 4.78 is 83.2. The SMILES string of the molecule is Cc1ccc2c(Cl)cc(Cl)c(OCC(=O)Nc3cc(C(F)(F)F)cc(C(F)(F)F)c3)c2n1. The van der Waals surface area contributed by atoms with Crippen molar-refractivity contribution in [2.75, 3.05) is 11.9 Å². The average molecular weight is 497 g/mol. The second-order valence-electron chi connectivity index (χ2n) is 6.65. The number of benzene rings is 2. The number of pyridine rings is 1. The fourth-order valence-corrected chi connectivity index (χ4v) is 3.36. The Morgan fingerprint density at radius 2 is 1.56 bits per heavy atom. The number of carbonyl (C=O) groups is 1.